The second-order valence-corrected chi connectivity index (χ2v) is 7.12. The van der Waals surface area contributed by atoms with Crippen LogP contribution in [0.15, 0.2) is 36.5 Å². The summed E-state index contributed by atoms with van der Waals surface area (Å²) in [5.74, 6) is -0.223. The van der Waals surface area contributed by atoms with Crippen LogP contribution in [0, 0.1) is 5.82 Å². The molecule has 0 bridgehead atoms. The zero-order valence-electron chi connectivity index (χ0n) is 13.8. The second-order valence-electron chi connectivity index (χ2n) is 7.12. The number of rotatable bonds is 4. The summed E-state index contributed by atoms with van der Waals surface area (Å²) in [4.78, 5) is 2.21. The fourth-order valence-electron chi connectivity index (χ4n) is 4.16. The summed E-state index contributed by atoms with van der Waals surface area (Å²) < 4.78 is 15.7. The van der Waals surface area contributed by atoms with E-state index in [4.69, 9.17) is 5.10 Å². The first kappa shape index (κ1) is 15.8. The van der Waals surface area contributed by atoms with Crippen molar-refractivity contribution in [3.63, 3.8) is 0 Å². The van der Waals surface area contributed by atoms with E-state index >= 15 is 0 Å². The Kier molecular flexibility index (Phi) is 4.37. The average Bonchev–Trinajstić information content (AvgIpc) is 3.28. The summed E-state index contributed by atoms with van der Waals surface area (Å²) in [5.41, 5.74) is 1.96. The van der Waals surface area contributed by atoms with Gasteiger partial charge in [-0.15, -0.1) is 0 Å². The first-order chi connectivity index (χ1) is 11.7. The third-order valence-electron chi connectivity index (χ3n) is 5.34. The molecule has 1 saturated carbocycles. The first-order valence-corrected chi connectivity index (χ1v) is 8.90. The zero-order valence-corrected chi connectivity index (χ0v) is 13.8. The molecular weight excluding hydrogens is 305 g/mol. The third kappa shape index (κ3) is 3.23. The normalized spacial score (nSPS) is 25.6. The van der Waals surface area contributed by atoms with E-state index in [1.165, 1.54) is 31.7 Å². The monoisotopic (exact) mass is 329 g/mol. The van der Waals surface area contributed by atoms with Gasteiger partial charge in [0.25, 0.3) is 0 Å². The molecule has 2 aliphatic rings. The van der Waals surface area contributed by atoms with Crippen LogP contribution in [0.5, 0.6) is 0 Å². The van der Waals surface area contributed by atoms with Gasteiger partial charge in [-0.2, -0.15) is 5.10 Å². The van der Waals surface area contributed by atoms with E-state index in [2.05, 4.69) is 21.8 Å². The van der Waals surface area contributed by atoms with Crippen molar-refractivity contribution in [1.29, 1.82) is 0 Å². The minimum absolute atomic E-state index is 0.0485. The molecule has 1 N–H and O–H groups in total. The number of aliphatic hydroxyl groups is 1. The standard InChI is InChI=1S/C19H24FN3O/c20-15-5-3-4-14(10-15)19-11-18(24)13-22(19)12-16-8-9-23(21-16)17-6-1-2-7-17/h3-5,8-10,17-19,24H,1-2,6-7,11-13H2/t18-,19-/m1/s1. The molecule has 4 nitrogen and oxygen atoms in total. The minimum Gasteiger partial charge on any atom is -0.392 e. The van der Waals surface area contributed by atoms with Gasteiger partial charge in [-0.05, 0) is 43.0 Å². The van der Waals surface area contributed by atoms with E-state index in [1.54, 1.807) is 12.1 Å². The lowest BCUT2D eigenvalue weighted by molar-refractivity contribution is 0.172. The number of nitrogens with zero attached hydrogens (tertiary/aromatic N) is 3. The Labute approximate surface area is 141 Å². The molecule has 1 aliphatic heterocycles. The van der Waals surface area contributed by atoms with Gasteiger partial charge in [-0.1, -0.05) is 25.0 Å². The molecule has 1 saturated heterocycles. The van der Waals surface area contributed by atoms with Gasteiger partial charge in [0.2, 0.25) is 0 Å². The van der Waals surface area contributed by atoms with Crippen LogP contribution in [0.3, 0.4) is 0 Å². The molecule has 5 heteroatoms. The highest BCUT2D eigenvalue weighted by atomic mass is 19.1. The maximum Gasteiger partial charge on any atom is 0.123 e. The lowest BCUT2D eigenvalue weighted by atomic mass is 10.0. The van der Waals surface area contributed by atoms with Gasteiger partial charge in [0.15, 0.2) is 0 Å². The zero-order chi connectivity index (χ0) is 16.5. The summed E-state index contributed by atoms with van der Waals surface area (Å²) >= 11 is 0. The Morgan fingerprint density at radius 2 is 2.04 bits per heavy atom. The Bertz CT molecular complexity index is 695. The van der Waals surface area contributed by atoms with Crippen LogP contribution >= 0.6 is 0 Å². The molecule has 0 spiro atoms. The van der Waals surface area contributed by atoms with E-state index in [1.807, 2.05) is 6.07 Å². The molecule has 0 unspecified atom stereocenters. The molecular formula is C19H24FN3O. The summed E-state index contributed by atoms with van der Waals surface area (Å²) in [6, 6.07) is 9.38. The van der Waals surface area contributed by atoms with Gasteiger partial charge in [0.05, 0.1) is 17.8 Å². The van der Waals surface area contributed by atoms with E-state index in [9.17, 15) is 9.50 Å². The van der Waals surface area contributed by atoms with Crippen LogP contribution in [-0.2, 0) is 6.54 Å². The number of aliphatic hydroxyl groups excluding tert-OH is 1. The van der Waals surface area contributed by atoms with Crippen LogP contribution in [0.25, 0.3) is 0 Å². The molecule has 1 aliphatic carbocycles. The second kappa shape index (κ2) is 6.65. The maximum absolute atomic E-state index is 13.6. The van der Waals surface area contributed by atoms with Gasteiger partial charge >= 0.3 is 0 Å². The van der Waals surface area contributed by atoms with E-state index in [0.717, 1.165) is 11.3 Å². The van der Waals surface area contributed by atoms with Crippen LogP contribution in [0.2, 0.25) is 0 Å². The number of aromatic nitrogens is 2. The minimum atomic E-state index is -0.366. The number of benzene rings is 1. The van der Waals surface area contributed by atoms with Gasteiger partial charge in [-0.25, -0.2) is 4.39 Å². The van der Waals surface area contributed by atoms with Crippen LogP contribution < -0.4 is 0 Å². The average molecular weight is 329 g/mol. The Balaban J connectivity index is 1.50. The van der Waals surface area contributed by atoms with Crippen LogP contribution in [0.4, 0.5) is 4.39 Å². The van der Waals surface area contributed by atoms with Crippen molar-refractivity contribution in [2.75, 3.05) is 6.54 Å². The topological polar surface area (TPSA) is 41.3 Å². The van der Waals surface area contributed by atoms with Crippen molar-refractivity contribution in [2.45, 2.75) is 56.8 Å². The Morgan fingerprint density at radius 3 is 2.83 bits per heavy atom. The van der Waals surface area contributed by atoms with Crippen molar-refractivity contribution in [1.82, 2.24) is 14.7 Å². The molecule has 2 heterocycles. The van der Waals surface area contributed by atoms with Crippen molar-refractivity contribution < 1.29 is 9.50 Å². The van der Waals surface area contributed by atoms with Gasteiger partial charge < -0.3 is 5.11 Å². The van der Waals surface area contributed by atoms with Crippen LogP contribution in [0.1, 0.15) is 55.4 Å². The number of halogens is 1. The number of β-amino-alcohol motifs (C(OH)–C–C–N with tert-alkyl or cyclic N) is 1. The predicted molar refractivity (Wildman–Crippen MR) is 89.9 cm³/mol. The highest BCUT2D eigenvalue weighted by Crippen LogP contribution is 2.34. The van der Waals surface area contributed by atoms with E-state index in [-0.39, 0.29) is 18.0 Å². The van der Waals surface area contributed by atoms with Gasteiger partial charge in [0, 0.05) is 25.3 Å². The molecule has 1 aromatic heterocycles. The van der Waals surface area contributed by atoms with Gasteiger partial charge in [-0.3, -0.25) is 9.58 Å². The lowest BCUT2D eigenvalue weighted by Crippen LogP contribution is -2.24. The highest BCUT2D eigenvalue weighted by Gasteiger charge is 2.32. The highest BCUT2D eigenvalue weighted by molar-refractivity contribution is 5.22. The quantitative estimate of drug-likeness (QED) is 0.934. The Morgan fingerprint density at radius 1 is 1.21 bits per heavy atom. The molecule has 2 aromatic rings. The van der Waals surface area contributed by atoms with Crippen molar-refractivity contribution in [2.24, 2.45) is 0 Å². The SMILES string of the molecule is O[C@@H]1C[C@H](c2cccc(F)c2)N(Cc2ccn(C3CCCC3)n2)C1. The van der Waals surface area contributed by atoms with Gasteiger partial charge in [0.1, 0.15) is 5.82 Å². The summed E-state index contributed by atoms with van der Waals surface area (Å²) in [6.45, 7) is 1.30. The maximum atomic E-state index is 13.6. The molecule has 128 valence electrons. The fourth-order valence-corrected chi connectivity index (χ4v) is 4.16. The molecule has 0 radical (unpaired) electrons. The van der Waals surface area contributed by atoms with E-state index < -0.39 is 0 Å². The largest absolute Gasteiger partial charge is 0.392 e. The third-order valence-corrected chi connectivity index (χ3v) is 5.34. The Hall–Kier alpha value is -1.72. The number of hydrogen-bond donors (Lipinski definition) is 1. The lowest BCUT2D eigenvalue weighted by Gasteiger charge is -2.23. The molecule has 24 heavy (non-hydrogen) atoms. The summed E-state index contributed by atoms with van der Waals surface area (Å²) in [6.07, 6.45) is 7.38. The summed E-state index contributed by atoms with van der Waals surface area (Å²) in [5, 5.41) is 14.8. The van der Waals surface area contributed by atoms with Crippen molar-refractivity contribution >= 4 is 0 Å². The molecule has 0 amide bonds. The fraction of sp³-hybridized carbons (Fsp3) is 0.526. The van der Waals surface area contributed by atoms with Crippen LogP contribution in [-0.4, -0.2) is 32.4 Å². The molecule has 4 rings (SSSR count). The predicted octanol–water partition coefficient (Wildman–Crippen LogP) is 3.45. The van der Waals surface area contributed by atoms with E-state index in [0.29, 0.717) is 25.6 Å². The first-order valence-electron chi connectivity index (χ1n) is 8.90. The smallest absolute Gasteiger partial charge is 0.123 e. The van der Waals surface area contributed by atoms with Crippen molar-refractivity contribution in [3.8, 4) is 0 Å². The molecule has 1 aromatic carbocycles. The van der Waals surface area contributed by atoms with Crippen molar-refractivity contribution in [3.05, 3.63) is 53.6 Å². The molecule has 2 atom stereocenters. The number of likely N-dealkylation sites (tertiary alicyclic amines) is 1. The summed E-state index contributed by atoms with van der Waals surface area (Å²) in [7, 11) is 0. The number of hydrogen-bond acceptors (Lipinski definition) is 3. The molecule has 2 fully saturated rings.